The van der Waals surface area contributed by atoms with Gasteiger partial charge in [-0.1, -0.05) is 0 Å². The van der Waals surface area contributed by atoms with Gasteiger partial charge in [0.1, 0.15) is 0 Å². The standard InChI is InChI=1S/C13H8N.Be/c1-2-6-12-10(4-1)7-8-11-5-3-9-14-13(11)12;/h1-5,7-9H;. The fourth-order valence-electron chi connectivity index (χ4n) is 1.99. The first-order chi connectivity index (χ1) is 7.36. The van der Waals surface area contributed by atoms with Gasteiger partial charge in [-0.15, -0.1) is 0 Å². The zero-order chi connectivity index (χ0) is 10.3. The molecule has 15 heavy (non-hydrogen) atoms. The Hall–Kier alpha value is -1.72. The summed E-state index contributed by atoms with van der Waals surface area (Å²) in [5.74, 6) is 0. The molecule has 3 rings (SSSR count). The van der Waals surface area contributed by atoms with Gasteiger partial charge in [0.15, 0.2) is 0 Å². The van der Waals surface area contributed by atoms with Crippen LogP contribution >= 0.6 is 0 Å². The summed E-state index contributed by atoms with van der Waals surface area (Å²) in [7, 11) is 4.06. The maximum absolute atomic E-state index is 4.43. The van der Waals surface area contributed by atoms with Crippen LogP contribution in [0.1, 0.15) is 0 Å². The summed E-state index contributed by atoms with van der Waals surface area (Å²) in [5.41, 5.74) is 1.04. The molecular formula is C13H8BeN. The van der Waals surface area contributed by atoms with E-state index in [1.54, 1.807) is 0 Å². The van der Waals surface area contributed by atoms with E-state index in [0.29, 0.717) is 0 Å². The summed E-state index contributed by atoms with van der Waals surface area (Å²) in [5, 5.41) is 4.57. The molecule has 1 aromatic heterocycles. The predicted octanol–water partition coefficient (Wildman–Crippen LogP) is 2.18. The van der Waals surface area contributed by atoms with E-state index >= 15 is 0 Å². The van der Waals surface area contributed by atoms with Crippen molar-refractivity contribution in [3.8, 4) is 0 Å². The molecule has 0 unspecified atom stereocenters. The first kappa shape index (κ1) is 8.58. The van der Waals surface area contributed by atoms with Crippen LogP contribution in [-0.2, 0) is 0 Å². The summed E-state index contributed by atoms with van der Waals surface area (Å²) >= 11 is 0. The van der Waals surface area contributed by atoms with Gasteiger partial charge in [-0.3, -0.25) is 0 Å². The monoisotopic (exact) mass is 187 g/mol. The van der Waals surface area contributed by atoms with Crippen LogP contribution in [-0.4, -0.2) is 14.4 Å². The van der Waals surface area contributed by atoms with Crippen molar-refractivity contribution in [1.82, 2.24) is 4.98 Å². The van der Waals surface area contributed by atoms with Crippen molar-refractivity contribution < 1.29 is 0 Å². The molecule has 67 valence electrons. The van der Waals surface area contributed by atoms with E-state index < -0.39 is 0 Å². The molecular weight excluding hydrogens is 179 g/mol. The van der Waals surface area contributed by atoms with E-state index in [0.717, 1.165) is 16.2 Å². The summed E-state index contributed by atoms with van der Waals surface area (Å²) in [6.45, 7) is 0. The van der Waals surface area contributed by atoms with Crippen molar-refractivity contribution in [2.45, 2.75) is 0 Å². The Morgan fingerprint density at radius 3 is 2.60 bits per heavy atom. The van der Waals surface area contributed by atoms with Crippen LogP contribution in [0.3, 0.4) is 0 Å². The minimum absolute atomic E-state index is 1.04. The number of hydrogen-bond donors (Lipinski definition) is 0. The number of rotatable bonds is 0. The normalized spacial score (nSPS) is 10.9. The first-order valence-electron chi connectivity index (χ1n) is 4.95. The van der Waals surface area contributed by atoms with Gasteiger partial charge in [0.25, 0.3) is 0 Å². The first-order valence-corrected chi connectivity index (χ1v) is 4.95. The van der Waals surface area contributed by atoms with Gasteiger partial charge in [0.2, 0.25) is 0 Å². The Bertz CT molecular complexity index is 646. The molecule has 0 aliphatic rings. The van der Waals surface area contributed by atoms with Crippen molar-refractivity contribution in [3.63, 3.8) is 0 Å². The van der Waals surface area contributed by atoms with E-state index in [9.17, 15) is 0 Å². The van der Waals surface area contributed by atoms with Crippen molar-refractivity contribution >= 4 is 36.4 Å². The van der Waals surface area contributed by atoms with Gasteiger partial charge in [-0.05, 0) is 0 Å². The molecule has 0 aliphatic carbocycles. The molecule has 0 bridgehead atoms. The second-order valence-electron chi connectivity index (χ2n) is 3.66. The van der Waals surface area contributed by atoms with Crippen LogP contribution in [0.25, 0.3) is 21.7 Å². The predicted molar refractivity (Wildman–Crippen MR) is 64.6 cm³/mol. The van der Waals surface area contributed by atoms with Gasteiger partial charge >= 0.3 is 90.0 Å². The number of aromatic nitrogens is 1. The number of hydrogen-bond acceptors (Lipinski definition) is 1. The second kappa shape index (κ2) is 3.15. The SMILES string of the molecule is [Be][c]1cccc2ccc3cccnc3c12. The molecule has 1 nitrogen and oxygen atoms in total. The van der Waals surface area contributed by atoms with Gasteiger partial charge in [-0.25, -0.2) is 0 Å². The fourth-order valence-corrected chi connectivity index (χ4v) is 1.99. The third-order valence-electron chi connectivity index (χ3n) is 2.70. The molecule has 0 spiro atoms. The summed E-state index contributed by atoms with van der Waals surface area (Å²) in [4.78, 5) is 4.43. The summed E-state index contributed by atoms with van der Waals surface area (Å²) < 4.78 is 0. The van der Waals surface area contributed by atoms with Crippen molar-refractivity contribution in [2.24, 2.45) is 0 Å². The maximum atomic E-state index is 4.43. The number of fused-ring (bicyclic) bond motifs is 3. The Morgan fingerprint density at radius 2 is 1.67 bits per heavy atom. The second-order valence-corrected chi connectivity index (χ2v) is 3.66. The van der Waals surface area contributed by atoms with Gasteiger partial charge < -0.3 is 0 Å². The van der Waals surface area contributed by atoms with Gasteiger partial charge in [0.05, 0.1) is 0 Å². The Balaban J connectivity index is 2.64. The van der Waals surface area contributed by atoms with E-state index in [2.05, 4.69) is 38.7 Å². The third-order valence-corrected chi connectivity index (χ3v) is 2.70. The molecule has 0 N–H and O–H groups in total. The van der Waals surface area contributed by atoms with Gasteiger partial charge in [-0.2, -0.15) is 0 Å². The summed E-state index contributed by atoms with van der Waals surface area (Å²) in [6.07, 6.45) is 1.83. The molecule has 3 aromatic rings. The molecule has 0 atom stereocenters. The van der Waals surface area contributed by atoms with Crippen molar-refractivity contribution in [1.29, 1.82) is 0 Å². The number of nitrogens with zero attached hydrogens (tertiary/aromatic N) is 1. The van der Waals surface area contributed by atoms with E-state index in [1.165, 1.54) is 10.8 Å². The van der Waals surface area contributed by atoms with E-state index in [-0.39, 0.29) is 0 Å². The molecule has 0 saturated heterocycles. The Labute approximate surface area is 90.5 Å². The van der Waals surface area contributed by atoms with Crippen LogP contribution in [0.15, 0.2) is 48.7 Å². The average Bonchev–Trinajstić information content (AvgIpc) is 2.29. The van der Waals surface area contributed by atoms with Crippen LogP contribution in [0.2, 0.25) is 0 Å². The molecule has 0 amide bonds. The zero-order valence-corrected chi connectivity index (χ0v) is 8.27. The quantitative estimate of drug-likeness (QED) is 0.388. The Kier molecular flexibility index (Phi) is 1.80. The van der Waals surface area contributed by atoms with Gasteiger partial charge in [0, 0.05) is 0 Å². The molecule has 0 aliphatic heterocycles. The minimum atomic E-state index is 1.04. The van der Waals surface area contributed by atoms with Crippen LogP contribution in [0.4, 0.5) is 0 Å². The fraction of sp³-hybridized carbons (Fsp3) is 0. The third kappa shape index (κ3) is 1.25. The van der Waals surface area contributed by atoms with Crippen LogP contribution in [0, 0.1) is 0 Å². The zero-order valence-electron chi connectivity index (χ0n) is 8.27. The van der Waals surface area contributed by atoms with Crippen molar-refractivity contribution in [2.75, 3.05) is 0 Å². The number of pyridine rings is 1. The molecule has 0 saturated carbocycles. The topological polar surface area (TPSA) is 12.9 Å². The van der Waals surface area contributed by atoms with Crippen LogP contribution in [0.5, 0.6) is 0 Å². The summed E-state index contributed by atoms with van der Waals surface area (Å²) in [6, 6.07) is 14.4. The molecule has 1 heterocycles. The molecule has 2 heteroatoms. The molecule has 2 aromatic carbocycles. The number of benzene rings is 2. The average molecular weight is 187 g/mol. The van der Waals surface area contributed by atoms with E-state index in [4.69, 9.17) is 0 Å². The van der Waals surface area contributed by atoms with Crippen molar-refractivity contribution in [3.05, 3.63) is 48.7 Å². The molecule has 1 radical (unpaired) electrons. The Morgan fingerprint density at radius 1 is 0.867 bits per heavy atom. The van der Waals surface area contributed by atoms with Crippen LogP contribution < -0.4 is 5.28 Å². The van der Waals surface area contributed by atoms with E-state index in [1.807, 2.05) is 24.4 Å². The molecule has 0 fully saturated rings.